The van der Waals surface area contributed by atoms with Gasteiger partial charge in [0.05, 0.1) is 12.8 Å². The summed E-state index contributed by atoms with van der Waals surface area (Å²) in [6.45, 7) is 0.311. The Bertz CT molecular complexity index is 666. The molecule has 0 saturated carbocycles. The average molecular weight is 280 g/mol. The second-order valence-corrected chi connectivity index (χ2v) is 4.81. The summed E-state index contributed by atoms with van der Waals surface area (Å²) in [6, 6.07) is 17.3. The third kappa shape index (κ3) is 2.38. The molecule has 1 atom stereocenters. The highest BCUT2D eigenvalue weighted by molar-refractivity contribution is 5.97. The van der Waals surface area contributed by atoms with Crippen molar-refractivity contribution in [2.75, 3.05) is 19.0 Å². The number of ether oxygens (including phenoxy) is 1. The first-order valence-electron chi connectivity index (χ1n) is 6.69. The van der Waals surface area contributed by atoms with Gasteiger partial charge >= 0.3 is 0 Å². The van der Waals surface area contributed by atoms with Gasteiger partial charge in [-0.3, -0.25) is 0 Å². The van der Waals surface area contributed by atoms with Gasteiger partial charge in [0.1, 0.15) is 12.3 Å². The van der Waals surface area contributed by atoms with Crippen molar-refractivity contribution in [3.63, 3.8) is 0 Å². The molecule has 21 heavy (non-hydrogen) atoms. The molecule has 5 nitrogen and oxygen atoms in total. The zero-order valence-corrected chi connectivity index (χ0v) is 11.7. The van der Waals surface area contributed by atoms with Gasteiger partial charge < -0.3 is 15.5 Å². The molecule has 2 aromatic carbocycles. The van der Waals surface area contributed by atoms with Gasteiger partial charge in [-0.05, 0) is 24.3 Å². The molecule has 0 amide bonds. The summed E-state index contributed by atoms with van der Waals surface area (Å²) in [7, 11) is 1.63. The van der Waals surface area contributed by atoms with E-state index in [1.54, 1.807) is 7.11 Å². The maximum atomic E-state index is 8.26. The van der Waals surface area contributed by atoms with Gasteiger partial charge in [0.15, 0.2) is 0 Å². The lowest BCUT2D eigenvalue weighted by Gasteiger charge is -2.28. The zero-order valence-electron chi connectivity index (χ0n) is 11.7. The van der Waals surface area contributed by atoms with E-state index in [0.29, 0.717) is 12.3 Å². The first kappa shape index (κ1) is 13.3. The quantitative estimate of drug-likeness (QED) is 0.900. The Kier molecular flexibility index (Phi) is 3.39. The van der Waals surface area contributed by atoms with E-state index < -0.39 is 5.66 Å². The van der Waals surface area contributed by atoms with Gasteiger partial charge in [-0.1, -0.05) is 30.3 Å². The Hall–Kier alpha value is -2.69. The first-order chi connectivity index (χ1) is 10.2. The number of anilines is 1. The molecule has 0 aromatic heterocycles. The number of azo groups is 1. The van der Waals surface area contributed by atoms with Crippen molar-refractivity contribution in [2.24, 2.45) is 10.2 Å². The Morgan fingerprint density at radius 2 is 1.81 bits per heavy atom. The number of hydrogen-bond donors (Lipinski definition) is 2. The van der Waals surface area contributed by atoms with Crippen LogP contribution in [-0.2, 0) is 5.66 Å². The maximum absolute atomic E-state index is 8.26. The number of para-hydroxylation sites is 1. The van der Waals surface area contributed by atoms with Crippen molar-refractivity contribution < 1.29 is 4.74 Å². The molecule has 0 saturated heterocycles. The Balaban J connectivity index is 2.01. The van der Waals surface area contributed by atoms with Gasteiger partial charge in [-0.2, -0.15) is 10.2 Å². The Labute approximate surface area is 123 Å². The third-order valence-corrected chi connectivity index (χ3v) is 3.49. The molecular weight excluding hydrogens is 264 g/mol. The molecule has 1 aliphatic heterocycles. The van der Waals surface area contributed by atoms with E-state index in [0.717, 1.165) is 17.0 Å². The second kappa shape index (κ2) is 5.36. The van der Waals surface area contributed by atoms with Crippen LogP contribution in [0.1, 0.15) is 5.56 Å². The van der Waals surface area contributed by atoms with Crippen molar-refractivity contribution in [1.29, 1.82) is 5.41 Å². The molecule has 1 aliphatic rings. The highest BCUT2D eigenvalue weighted by atomic mass is 16.5. The van der Waals surface area contributed by atoms with E-state index in [1.165, 1.54) is 0 Å². The van der Waals surface area contributed by atoms with Gasteiger partial charge in [-0.25, -0.2) is 0 Å². The van der Waals surface area contributed by atoms with E-state index in [-0.39, 0.29) is 0 Å². The maximum Gasteiger partial charge on any atom is 0.216 e. The number of benzene rings is 2. The number of nitrogens with one attached hydrogen (secondary N) is 2. The minimum Gasteiger partial charge on any atom is -0.497 e. The number of methoxy groups -OCH3 is 1. The predicted octanol–water partition coefficient (Wildman–Crippen LogP) is 3.45. The van der Waals surface area contributed by atoms with Crippen LogP contribution in [0.2, 0.25) is 0 Å². The summed E-state index contributed by atoms with van der Waals surface area (Å²) in [6.07, 6.45) is 0. The number of rotatable bonds is 4. The smallest absolute Gasteiger partial charge is 0.216 e. The number of nitrogens with zero attached hydrogens (tertiary/aromatic N) is 2. The summed E-state index contributed by atoms with van der Waals surface area (Å²) < 4.78 is 5.18. The minimum absolute atomic E-state index is 0.311. The monoisotopic (exact) mass is 280 g/mol. The molecule has 0 aliphatic carbocycles. The molecule has 2 N–H and O–H groups in total. The summed E-state index contributed by atoms with van der Waals surface area (Å²) in [5.74, 6) is 0.773. The largest absolute Gasteiger partial charge is 0.497 e. The predicted molar refractivity (Wildman–Crippen MR) is 82.2 cm³/mol. The van der Waals surface area contributed by atoms with Gasteiger partial charge in [0.25, 0.3) is 0 Å². The highest BCUT2D eigenvalue weighted by Crippen LogP contribution is 2.34. The van der Waals surface area contributed by atoms with Crippen LogP contribution in [-0.4, -0.2) is 19.4 Å². The molecule has 0 fully saturated rings. The summed E-state index contributed by atoms with van der Waals surface area (Å²) in [5.41, 5.74) is 1.28. The van der Waals surface area contributed by atoms with Crippen LogP contribution in [0.25, 0.3) is 0 Å². The summed E-state index contributed by atoms with van der Waals surface area (Å²) >= 11 is 0. The summed E-state index contributed by atoms with van der Waals surface area (Å²) in [5, 5.41) is 19.9. The van der Waals surface area contributed by atoms with E-state index >= 15 is 0 Å². The van der Waals surface area contributed by atoms with Crippen LogP contribution < -0.4 is 10.1 Å². The fraction of sp³-hybridized carbons (Fsp3) is 0.188. The lowest BCUT2D eigenvalue weighted by atomic mass is 9.95. The van der Waals surface area contributed by atoms with Crippen LogP contribution in [0.15, 0.2) is 64.8 Å². The van der Waals surface area contributed by atoms with Crippen molar-refractivity contribution in [3.05, 3.63) is 60.2 Å². The molecule has 2 aromatic rings. The van der Waals surface area contributed by atoms with Crippen LogP contribution >= 0.6 is 0 Å². The molecule has 5 heteroatoms. The fourth-order valence-corrected chi connectivity index (χ4v) is 2.35. The second-order valence-electron chi connectivity index (χ2n) is 4.81. The first-order valence-corrected chi connectivity index (χ1v) is 6.69. The SMILES string of the molecule is COc1ccc(C2(Nc3ccccc3)N=NCC2=N)cc1. The molecule has 3 rings (SSSR count). The lowest BCUT2D eigenvalue weighted by molar-refractivity contribution is 0.414. The van der Waals surface area contributed by atoms with Crippen LogP contribution in [0.3, 0.4) is 0 Å². The van der Waals surface area contributed by atoms with Crippen molar-refractivity contribution in [1.82, 2.24) is 0 Å². The molecule has 1 unspecified atom stereocenters. The van der Waals surface area contributed by atoms with Crippen LogP contribution in [0.4, 0.5) is 5.69 Å². The fourth-order valence-electron chi connectivity index (χ4n) is 2.35. The topological polar surface area (TPSA) is 69.8 Å². The molecule has 1 heterocycles. The summed E-state index contributed by atoms with van der Waals surface area (Å²) in [4.78, 5) is 0. The van der Waals surface area contributed by atoms with Crippen molar-refractivity contribution >= 4 is 11.4 Å². The zero-order chi connectivity index (χ0) is 14.7. The average Bonchev–Trinajstić information content (AvgIpc) is 2.90. The molecule has 0 radical (unpaired) electrons. The lowest BCUT2D eigenvalue weighted by Crippen LogP contribution is -2.39. The van der Waals surface area contributed by atoms with E-state index in [4.69, 9.17) is 10.1 Å². The normalized spacial score (nSPS) is 20.5. The van der Waals surface area contributed by atoms with Crippen molar-refractivity contribution in [2.45, 2.75) is 5.66 Å². The van der Waals surface area contributed by atoms with Crippen LogP contribution in [0.5, 0.6) is 5.75 Å². The molecule has 106 valence electrons. The van der Waals surface area contributed by atoms with E-state index in [2.05, 4.69) is 15.5 Å². The van der Waals surface area contributed by atoms with Crippen LogP contribution in [0, 0.1) is 5.41 Å². The van der Waals surface area contributed by atoms with E-state index in [1.807, 2.05) is 54.6 Å². The molecular formula is C16H16N4O. The number of hydrogen-bond acceptors (Lipinski definition) is 5. The van der Waals surface area contributed by atoms with Gasteiger partial charge in [0, 0.05) is 11.3 Å². The Morgan fingerprint density at radius 3 is 2.38 bits per heavy atom. The van der Waals surface area contributed by atoms with E-state index in [9.17, 15) is 0 Å². The molecule has 0 bridgehead atoms. The standard InChI is InChI=1S/C16H16N4O/c1-21-14-9-7-12(8-10-14)16(15(17)11-18-20-16)19-13-5-3-2-4-6-13/h2-10,17,19H,11H2,1H3. The van der Waals surface area contributed by atoms with Gasteiger partial charge in [-0.15, -0.1) is 0 Å². The molecule has 0 spiro atoms. The Morgan fingerprint density at radius 1 is 1.10 bits per heavy atom. The van der Waals surface area contributed by atoms with Gasteiger partial charge in [0.2, 0.25) is 5.66 Å². The third-order valence-electron chi connectivity index (χ3n) is 3.49. The highest BCUT2D eigenvalue weighted by Gasteiger charge is 2.40. The van der Waals surface area contributed by atoms with Crippen molar-refractivity contribution in [3.8, 4) is 5.75 Å². The minimum atomic E-state index is -0.923.